The Bertz CT molecular complexity index is 1280. The summed E-state index contributed by atoms with van der Waals surface area (Å²) in [6.45, 7) is 5.70. The molecule has 3 rings (SSSR count). The maximum atomic E-state index is 12.6. The molecule has 0 fully saturated rings. The van der Waals surface area contributed by atoms with Crippen molar-refractivity contribution in [2.24, 2.45) is 0 Å². The molecule has 1 heterocycles. The van der Waals surface area contributed by atoms with E-state index in [-0.39, 0.29) is 18.0 Å². The summed E-state index contributed by atoms with van der Waals surface area (Å²) in [5, 5.41) is 14.8. The van der Waals surface area contributed by atoms with E-state index in [1.165, 1.54) is 10.1 Å². The maximum Gasteiger partial charge on any atom is 0.269 e. The summed E-state index contributed by atoms with van der Waals surface area (Å²) < 4.78 is 1.27. The summed E-state index contributed by atoms with van der Waals surface area (Å²) in [7, 11) is 0. The molecular weight excluding hydrogens is 416 g/mol. The van der Waals surface area contributed by atoms with E-state index in [1.807, 2.05) is 37.3 Å². The zero-order valence-electron chi connectivity index (χ0n) is 18.9. The lowest BCUT2D eigenvalue weighted by Crippen LogP contribution is -2.31. The molecule has 33 heavy (non-hydrogen) atoms. The molecule has 3 aromatic rings. The van der Waals surface area contributed by atoms with Gasteiger partial charge in [-0.15, -0.1) is 0 Å². The summed E-state index contributed by atoms with van der Waals surface area (Å²) in [6.07, 6.45) is 0.720. The zero-order valence-corrected chi connectivity index (χ0v) is 18.9. The largest absolute Gasteiger partial charge is 0.352 e. The van der Waals surface area contributed by atoms with Crippen LogP contribution in [0.5, 0.6) is 0 Å². The standard InChI is InChI=1S/C26H26N4O3/c1-17-7-9-20(10-8-17)11-12-28-25(32)21-5-4-6-22(14-21)29-24(31)16-30-19(3)13-18(2)23(15-27)26(30)33/h4-10,13-14H,11-12,16H2,1-3H3,(H,28,32)(H,29,31). The molecule has 7 nitrogen and oxygen atoms in total. The van der Waals surface area contributed by atoms with Gasteiger partial charge in [-0.1, -0.05) is 35.9 Å². The van der Waals surface area contributed by atoms with Gasteiger partial charge in [0.15, 0.2) is 0 Å². The molecule has 0 unspecified atom stereocenters. The Morgan fingerprint density at radius 3 is 2.45 bits per heavy atom. The van der Waals surface area contributed by atoms with Crippen molar-refractivity contribution in [1.82, 2.24) is 9.88 Å². The molecule has 0 bridgehead atoms. The molecule has 0 saturated carbocycles. The molecule has 0 spiro atoms. The maximum absolute atomic E-state index is 12.6. The van der Waals surface area contributed by atoms with Crippen molar-refractivity contribution in [3.63, 3.8) is 0 Å². The normalized spacial score (nSPS) is 10.4. The Labute approximate surface area is 192 Å². The Balaban J connectivity index is 1.62. The molecule has 2 N–H and O–H groups in total. The second kappa shape index (κ2) is 10.4. The number of amides is 2. The van der Waals surface area contributed by atoms with Crippen LogP contribution in [0.3, 0.4) is 0 Å². The van der Waals surface area contributed by atoms with Crippen molar-refractivity contribution in [3.8, 4) is 6.07 Å². The Morgan fingerprint density at radius 2 is 1.76 bits per heavy atom. The number of carbonyl (C=O) groups excluding carboxylic acids is 2. The summed E-state index contributed by atoms with van der Waals surface area (Å²) >= 11 is 0. The minimum absolute atomic E-state index is 0.0257. The Hall–Kier alpha value is -4.18. The fourth-order valence-corrected chi connectivity index (χ4v) is 3.52. The van der Waals surface area contributed by atoms with Crippen molar-refractivity contribution >= 4 is 17.5 Å². The van der Waals surface area contributed by atoms with Crippen molar-refractivity contribution in [2.75, 3.05) is 11.9 Å². The SMILES string of the molecule is Cc1ccc(CCNC(=O)c2cccc(NC(=O)Cn3c(C)cc(C)c(C#N)c3=O)c2)cc1. The van der Waals surface area contributed by atoms with Crippen LogP contribution in [0.1, 0.15) is 38.3 Å². The van der Waals surface area contributed by atoms with E-state index in [4.69, 9.17) is 0 Å². The van der Waals surface area contributed by atoms with E-state index in [0.29, 0.717) is 29.1 Å². The smallest absolute Gasteiger partial charge is 0.269 e. The van der Waals surface area contributed by atoms with Gasteiger partial charge in [0.05, 0.1) is 0 Å². The monoisotopic (exact) mass is 442 g/mol. The number of pyridine rings is 1. The lowest BCUT2D eigenvalue weighted by molar-refractivity contribution is -0.116. The van der Waals surface area contributed by atoms with Gasteiger partial charge < -0.3 is 15.2 Å². The van der Waals surface area contributed by atoms with Gasteiger partial charge in [0.2, 0.25) is 5.91 Å². The van der Waals surface area contributed by atoms with Crippen LogP contribution in [0, 0.1) is 32.1 Å². The van der Waals surface area contributed by atoms with E-state index in [1.54, 1.807) is 44.2 Å². The first-order valence-electron chi connectivity index (χ1n) is 10.6. The number of nitrogens with one attached hydrogen (secondary N) is 2. The highest BCUT2D eigenvalue weighted by Gasteiger charge is 2.14. The van der Waals surface area contributed by atoms with Gasteiger partial charge in [0.1, 0.15) is 18.2 Å². The molecular formula is C26H26N4O3. The first kappa shape index (κ1) is 23.5. The van der Waals surface area contributed by atoms with Gasteiger partial charge >= 0.3 is 0 Å². The van der Waals surface area contributed by atoms with Crippen molar-refractivity contribution < 1.29 is 9.59 Å². The van der Waals surface area contributed by atoms with Crippen LogP contribution in [0.4, 0.5) is 5.69 Å². The molecule has 0 saturated heterocycles. The molecule has 2 aromatic carbocycles. The minimum atomic E-state index is -0.494. The van der Waals surface area contributed by atoms with E-state index in [0.717, 1.165) is 12.0 Å². The number of carbonyl (C=O) groups is 2. The van der Waals surface area contributed by atoms with Crippen LogP contribution in [-0.4, -0.2) is 22.9 Å². The topological polar surface area (TPSA) is 104 Å². The first-order valence-corrected chi connectivity index (χ1v) is 10.6. The molecule has 2 amide bonds. The Morgan fingerprint density at radius 1 is 1.03 bits per heavy atom. The average Bonchev–Trinajstić information content (AvgIpc) is 2.78. The van der Waals surface area contributed by atoms with Crippen LogP contribution in [0.2, 0.25) is 0 Å². The van der Waals surface area contributed by atoms with Gasteiger partial charge in [-0.25, -0.2) is 0 Å². The lowest BCUT2D eigenvalue weighted by atomic mass is 10.1. The van der Waals surface area contributed by atoms with Crippen molar-refractivity contribution in [2.45, 2.75) is 33.7 Å². The third-order valence-electron chi connectivity index (χ3n) is 5.35. The number of hydrogen-bond acceptors (Lipinski definition) is 4. The van der Waals surface area contributed by atoms with Crippen LogP contribution in [0.25, 0.3) is 0 Å². The number of hydrogen-bond donors (Lipinski definition) is 2. The van der Waals surface area contributed by atoms with Gasteiger partial charge in [0.25, 0.3) is 11.5 Å². The number of aromatic nitrogens is 1. The number of nitrogens with zero attached hydrogens (tertiary/aromatic N) is 2. The van der Waals surface area contributed by atoms with Crippen LogP contribution < -0.4 is 16.2 Å². The van der Waals surface area contributed by atoms with Crippen LogP contribution >= 0.6 is 0 Å². The molecule has 7 heteroatoms. The predicted molar refractivity (Wildman–Crippen MR) is 127 cm³/mol. The first-order chi connectivity index (χ1) is 15.8. The number of benzene rings is 2. The minimum Gasteiger partial charge on any atom is -0.352 e. The number of nitriles is 1. The van der Waals surface area contributed by atoms with E-state index in [9.17, 15) is 19.6 Å². The summed E-state index contributed by atoms with van der Waals surface area (Å²) in [5.41, 5.74) is 3.91. The van der Waals surface area contributed by atoms with Crippen molar-refractivity contribution in [3.05, 3.63) is 98.5 Å². The van der Waals surface area contributed by atoms with Gasteiger partial charge in [0, 0.05) is 23.5 Å². The highest BCUT2D eigenvalue weighted by atomic mass is 16.2. The quantitative estimate of drug-likeness (QED) is 0.586. The number of aryl methyl sites for hydroxylation is 3. The van der Waals surface area contributed by atoms with Gasteiger partial charge in [-0.2, -0.15) is 5.26 Å². The molecule has 0 aliphatic rings. The Kier molecular flexibility index (Phi) is 7.42. The molecule has 0 radical (unpaired) electrons. The summed E-state index contributed by atoms with van der Waals surface area (Å²) in [4.78, 5) is 37.6. The second-order valence-corrected chi connectivity index (χ2v) is 7.97. The van der Waals surface area contributed by atoms with Crippen molar-refractivity contribution in [1.29, 1.82) is 5.26 Å². The molecule has 168 valence electrons. The molecule has 0 atom stereocenters. The zero-order chi connectivity index (χ0) is 24.0. The molecule has 0 aliphatic heterocycles. The predicted octanol–water partition coefficient (Wildman–Crippen LogP) is 3.26. The van der Waals surface area contributed by atoms with Gasteiger partial charge in [-0.05, 0) is 62.6 Å². The van der Waals surface area contributed by atoms with Crippen LogP contribution in [0.15, 0.2) is 59.4 Å². The van der Waals surface area contributed by atoms with Crippen LogP contribution in [-0.2, 0) is 17.8 Å². The number of rotatable bonds is 7. The fourth-order valence-electron chi connectivity index (χ4n) is 3.52. The van der Waals surface area contributed by atoms with E-state index in [2.05, 4.69) is 10.6 Å². The lowest BCUT2D eigenvalue weighted by Gasteiger charge is -2.13. The van der Waals surface area contributed by atoms with E-state index >= 15 is 0 Å². The van der Waals surface area contributed by atoms with E-state index < -0.39 is 11.5 Å². The molecule has 1 aromatic heterocycles. The third-order valence-corrected chi connectivity index (χ3v) is 5.35. The third kappa shape index (κ3) is 5.95. The van der Waals surface area contributed by atoms with Gasteiger partial charge in [-0.3, -0.25) is 14.4 Å². The summed E-state index contributed by atoms with van der Waals surface area (Å²) in [6, 6.07) is 18.4. The number of anilines is 1. The molecule has 0 aliphatic carbocycles. The fraction of sp³-hybridized carbons (Fsp3) is 0.231. The highest BCUT2D eigenvalue weighted by Crippen LogP contribution is 2.12. The second-order valence-electron chi connectivity index (χ2n) is 7.97. The highest BCUT2D eigenvalue weighted by molar-refractivity contribution is 5.97. The average molecular weight is 443 g/mol. The summed E-state index contributed by atoms with van der Waals surface area (Å²) in [5.74, 6) is -0.660.